The van der Waals surface area contributed by atoms with Crippen LogP contribution in [0.15, 0.2) is 17.5 Å². The first-order valence-corrected chi connectivity index (χ1v) is 11.7. The number of aromatic nitrogens is 2. The fourth-order valence-corrected chi connectivity index (χ4v) is 3.24. The SMILES string of the molecule is CC(O)C(NC(=O)C(CCCN=C(N)N)NC(=O)C(N)Cc1cnc[nH]1)C(=O)NC(CCC(N)=O)C(=O)O. The quantitative estimate of drug-likeness (QED) is 0.0510. The van der Waals surface area contributed by atoms with Crippen LogP contribution in [0.5, 0.6) is 0 Å². The molecular weight excluding hydrogens is 504 g/mol. The molecule has 5 atom stereocenters. The lowest BCUT2D eigenvalue weighted by Gasteiger charge is -2.26. The van der Waals surface area contributed by atoms with Gasteiger partial charge in [0, 0.05) is 31.3 Å². The number of nitrogens with zero attached hydrogens (tertiary/aromatic N) is 2. The molecule has 38 heavy (non-hydrogen) atoms. The van der Waals surface area contributed by atoms with Crippen molar-refractivity contribution in [1.82, 2.24) is 25.9 Å². The van der Waals surface area contributed by atoms with E-state index >= 15 is 0 Å². The number of aromatic amines is 1. The number of aliphatic hydroxyl groups excluding tert-OH is 1. The lowest BCUT2D eigenvalue weighted by molar-refractivity contribution is -0.143. The Bertz CT molecular complexity index is 979. The molecule has 0 radical (unpaired) electrons. The molecule has 4 amide bonds. The van der Waals surface area contributed by atoms with Crippen molar-refractivity contribution < 1.29 is 34.2 Å². The van der Waals surface area contributed by atoms with Crippen LogP contribution in [-0.4, -0.2) is 92.6 Å². The van der Waals surface area contributed by atoms with Crippen molar-refractivity contribution in [2.45, 2.75) is 69.3 Å². The van der Waals surface area contributed by atoms with Gasteiger partial charge in [0.15, 0.2) is 5.96 Å². The summed E-state index contributed by atoms with van der Waals surface area (Å²) in [5.74, 6) is -4.90. The Morgan fingerprint density at radius 2 is 1.68 bits per heavy atom. The first-order chi connectivity index (χ1) is 17.8. The monoisotopic (exact) mass is 540 g/mol. The van der Waals surface area contributed by atoms with Gasteiger partial charge in [0.05, 0.1) is 18.5 Å². The largest absolute Gasteiger partial charge is 0.480 e. The zero-order chi connectivity index (χ0) is 28.8. The zero-order valence-electron chi connectivity index (χ0n) is 20.9. The number of carbonyl (C=O) groups is 5. The van der Waals surface area contributed by atoms with Gasteiger partial charge >= 0.3 is 5.97 Å². The first kappa shape index (κ1) is 31.8. The maximum Gasteiger partial charge on any atom is 0.326 e. The van der Waals surface area contributed by atoms with Crippen LogP contribution < -0.4 is 38.9 Å². The van der Waals surface area contributed by atoms with E-state index in [0.29, 0.717) is 5.69 Å². The van der Waals surface area contributed by atoms with Crippen LogP contribution in [-0.2, 0) is 30.4 Å². The highest BCUT2D eigenvalue weighted by atomic mass is 16.4. The molecule has 0 aromatic carbocycles. The molecule has 0 spiro atoms. The summed E-state index contributed by atoms with van der Waals surface area (Å²) in [5, 5.41) is 26.4. The number of carboxylic acids is 1. The molecule has 5 unspecified atom stereocenters. The minimum Gasteiger partial charge on any atom is -0.480 e. The molecule has 1 aromatic rings. The summed E-state index contributed by atoms with van der Waals surface area (Å²) in [4.78, 5) is 71.4. The molecule has 0 saturated heterocycles. The Kier molecular flexibility index (Phi) is 13.2. The summed E-state index contributed by atoms with van der Waals surface area (Å²) in [5.41, 5.74) is 22.2. The molecule has 17 heteroatoms. The van der Waals surface area contributed by atoms with Crippen LogP contribution >= 0.6 is 0 Å². The molecule has 212 valence electrons. The third-order valence-corrected chi connectivity index (χ3v) is 5.27. The number of carbonyl (C=O) groups excluding carboxylic acids is 4. The molecule has 1 aromatic heterocycles. The topological polar surface area (TPSA) is 307 Å². The number of carboxylic acid groups (broad SMARTS) is 1. The lowest BCUT2D eigenvalue weighted by Crippen LogP contribution is -2.60. The summed E-state index contributed by atoms with van der Waals surface area (Å²) in [7, 11) is 0. The van der Waals surface area contributed by atoms with E-state index in [1.165, 1.54) is 19.4 Å². The number of hydrogen-bond acceptors (Lipinski definition) is 9. The maximum atomic E-state index is 13.1. The number of guanidine groups is 1. The second-order valence-corrected chi connectivity index (χ2v) is 8.53. The summed E-state index contributed by atoms with van der Waals surface area (Å²) in [6.07, 6.45) is 1.25. The minimum absolute atomic E-state index is 0.0373. The molecule has 17 nitrogen and oxygen atoms in total. The maximum absolute atomic E-state index is 13.1. The van der Waals surface area contributed by atoms with Crippen LogP contribution in [0.3, 0.4) is 0 Å². The molecule has 1 rings (SSSR count). The van der Waals surface area contributed by atoms with E-state index in [1.54, 1.807) is 0 Å². The fraction of sp³-hybridized carbons (Fsp3) is 0.571. The predicted molar refractivity (Wildman–Crippen MR) is 134 cm³/mol. The standard InChI is InChI=1S/C21H36N10O7/c1-10(32)16(19(36)30-14(20(37)38)4-5-15(23)33)31-18(35)13(3-2-6-27-21(24)25)29-17(34)12(22)7-11-8-26-9-28-11/h8-10,12-14,16,32H,2-7,22H2,1H3,(H2,23,33)(H,26,28)(H,29,34)(H,30,36)(H,31,35)(H,37,38)(H4,24,25,27). The number of rotatable bonds is 17. The van der Waals surface area contributed by atoms with E-state index in [0.717, 1.165) is 0 Å². The van der Waals surface area contributed by atoms with E-state index in [-0.39, 0.29) is 44.6 Å². The number of nitrogens with one attached hydrogen (secondary N) is 4. The summed E-state index contributed by atoms with van der Waals surface area (Å²) in [6.45, 7) is 1.35. The molecule has 0 aliphatic carbocycles. The van der Waals surface area contributed by atoms with Gasteiger partial charge in [-0.05, 0) is 26.2 Å². The second kappa shape index (κ2) is 15.8. The first-order valence-electron chi connectivity index (χ1n) is 11.7. The van der Waals surface area contributed by atoms with Gasteiger partial charge in [-0.2, -0.15) is 0 Å². The predicted octanol–water partition coefficient (Wildman–Crippen LogP) is -4.48. The average Bonchev–Trinajstić information content (AvgIpc) is 3.33. The fourth-order valence-electron chi connectivity index (χ4n) is 3.24. The lowest BCUT2D eigenvalue weighted by atomic mass is 10.1. The van der Waals surface area contributed by atoms with Crippen LogP contribution in [0, 0.1) is 0 Å². The summed E-state index contributed by atoms with van der Waals surface area (Å²) < 4.78 is 0. The number of hydrogen-bond donors (Lipinski definition) is 10. The number of aliphatic carboxylic acids is 1. The Hall–Kier alpha value is -4.25. The van der Waals surface area contributed by atoms with Crippen molar-refractivity contribution in [3.63, 3.8) is 0 Å². The normalized spacial score (nSPS) is 14.7. The van der Waals surface area contributed by atoms with Crippen molar-refractivity contribution in [3.05, 3.63) is 18.2 Å². The number of H-pyrrole nitrogens is 1. The number of nitrogens with two attached hydrogens (primary N) is 4. The highest BCUT2D eigenvalue weighted by molar-refractivity contribution is 5.94. The van der Waals surface area contributed by atoms with E-state index in [9.17, 15) is 34.2 Å². The van der Waals surface area contributed by atoms with Crippen molar-refractivity contribution in [2.24, 2.45) is 27.9 Å². The second-order valence-electron chi connectivity index (χ2n) is 8.53. The third kappa shape index (κ3) is 11.7. The Morgan fingerprint density at radius 1 is 1.03 bits per heavy atom. The number of aliphatic imine (C=N–C) groups is 1. The highest BCUT2D eigenvalue weighted by Gasteiger charge is 2.32. The van der Waals surface area contributed by atoms with Gasteiger partial charge in [0.2, 0.25) is 23.6 Å². The number of aliphatic hydroxyl groups is 1. The number of imidazole rings is 1. The molecule has 0 saturated carbocycles. The van der Waals surface area contributed by atoms with Crippen molar-refractivity contribution in [1.29, 1.82) is 0 Å². The van der Waals surface area contributed by atoms with Gasteiger partial charge in [-0.25, -0.2) is 9.78 Å². The Balaban J connectivity index is 2.97. The smallest absolute Gasteiger partial charge is 0.326 e. The molecule has 0 aliphatic heterocycles. The highest BCUT2D eigenvalue weighted by Crippen LogP contribution is 2.05. The Morgan fingerprint density at radius 3 is 2.21 bits per heavy atom. The molecule has 0 aliphatic rings. The van der Waals surface area contributed by atoms with E-state index in [1.807, 2.05) is 0 Å². The van der Waals surface area contributed by atoms with Gasteiger partial charge in [0.25, 0.3) is 0 Å². The number of primary amides is 1. The van der Waals surface area contributed by atoms with E-state index in [2.05, 4.69) is 30.9 Å². The molecule has 14 N–H and O–H groups in total. The van der Waals surface area contributed by atoms with Crippen LogP contribution in [0.2, 0.25) is 0 Å². The summed E-state index contributed by atoms with van der Waals surface area (Å²) >= 11 is 0. The van der Waals surface area contributed by atoms with Gasteiger partial charge in [-0.3, -0.25) is 24.2 Å². The zero-order valence-corrected chi connectivity index (χ0v) is 20.9. The van der Waals surface area contributed by atoms with Gasteiger partial charge in [-0.1, -0.05) is 0 Å². The summed E-state index contributed by atoms with van der Waals surface area (Å²) in [6, 6.07) is -5.33. The van der Waals surface area contributed by atoms with Gasteiger partial charge < -0.3 is 54.1 Å². The van der Waals surface area contributed by atoms with Gasteiger partial charge in [0.1, 0.15) is 18.1 Å². The molecular formula is C21H36N10O7. The van der Waals surface area contributed by atoms with Crippen LogP contribution in [0.1, 0.15) is 38.3 Å². The minimum atomic E-state index is -1.59. The van der Waals surface area contributed by atoms with Crippen molar-refractivity contribution >= 4 is 35.6 Å². The van der Waals surface area contributed by atoms with E-state index < -0.39 is 59.9 Å². The van der Waals surface area contributed by atoms with Gasteiger partial charge in [-0.15, -0.1) is 0 Å². The average molecular weight is 541 g/mol. The van der Waals surface area contributed by atoms with E-state index in [4.69, 9.17) is 22.9 Å². The van der Waals surface area contributed by atoms with Crippen molar-refractivity contribution in [3.8, 4) is 0 Å². The van der Waals surface area contributed by atoms with Crippen molar-refractivity contribution in [2.75, 3.05) is 6.54 Å². The number of amides is 4. The van der Waals surface area contributed by atoms with Crippen LogP contribution in [0.25, 0.3) is 0 Å². The Labute approximate surface area is 218 Å². The molecule has 0 bridgehead atoms. The molecule has 1 heterocycles. The molecule has 0 fully saturated rings. The third-order valence-electron chi connectivity index (χ3n) is 5.27. The van der Waals surface area contributed by atoms with Crippen LogP contribution in [0.4, 0.5) is 0 Å².